The van der Waals surface area contributed by atoms with Gasteiger partial charge in [0.25, 0.3) is 5.91 Å². The van der Waals surface area contributed by atoms with E-state index in [1.165, 1.54) is 4.90 Å². The van der Waals surface area contributed by atoms with Crippen LogP contribution < -0.4 is 30.2 Å². The molecule has 2 aromatic carbocycles. The second kappa shape index (κ2) is 12.3. The van der Waals surface area contributed by atoms with E-state index in [-0.39, 0.29) is 49.4 Å². The van der Waals surface area contributed by atoms with Crippen molar-refractivity contribution in [2.24, 2.45) is 5.92 Å². The Balaban J connectivity index is 1.54. The molecule has 216 valence electrons. The fourth-order valence-corrected chi connectivity index (χ4v) is 4.49. The molecular weight excluding hydrogens is 518 g/mol. The molecule has 5 amide bonds. The molecule has 2 heterocycles. The van der Waals surface area contributed by atoms with E-state index < -0.39 is 18.2 Å². The molecule has 0 aromatic heterocycles. The number of fused-ring (bicyclic) bond motifs is 2. The SMILES string of the molecule is CC(C)NC(=O)Nc1ccc2c(c1)C(=O)N([C@H](C)CO)C[C@@H](C)[C@H](CN(C)C(=O)Nc1ccc3c(c1)OCO3)O2. The highest BCUT2D eigenvalue weighted by Crippen LogP contribution is 2.34. The molecule has 2 aliphatic rings. The van der Waals surface area contributed by atoms with Gasteiger partial charge in [-0.05, 0) is 51.1 Å². The van der Waals surface area contributed by atoms with Gasteiger partial charge in [0.05, 0.1) is 24.8 Å². The summed E-state index contributed by atoms with van der Waals surface area (Å²) in [4.78, 5) is 42.0. The predicted octanol–water partition coefficient (Wildman–Crippen LogP) is 3.33. The molecule has 0 bridgehead atoms. The van der Waals surface area contributed by atoms with Crippen LogP contribution in [-0.4, -0.2) is 84.6 Å². The first kappa shape index (κ1) is 28.8. The van der Waals surface area contributed by atoms with Crippen LogP contribution in [0.25, 0.3) is 0 Å². The van der Waals surface area contributed by atoms with Crippen molar-refractivity contribution in [1.29, 1.82) is 0 Å². The average Bonchev–Trinajstić information content (AvgIpc) is 3.38. The number of aliphatic hydroxyl groups excluding tert-OH is 1. The van der Waals surface area contributed by atoms with Gasteiger partial charge in [-0.3, -0.25) is 4.79 Å². The Morgan fingerprint density at radius 2 is 1.73 bits per heavy atom. The van der Waals surface area contributed by atoms with Crippen molar-refractivity contribution in [3.05, 3.63) is 42.0 Å². The van der Waals surface area contributed by atoms with E-state index in [4.69, 9.17) is 14.2 Å². The van der Waals surface area contributed by atoms with E-state index in [0.29, 0.717) is 35.2 Å². The monoisotopic (exact) mass is 555 g/mol. The quantitative estimate of drug-likeness (QED) is 0.411. The van der Waals surface area contributed by atoms with Crippen LogP contribution in [-0.2, 0) is 0 Å². The number of ether oxygens (including phenoxy) is 3. The normalized spacial score (nSPS) is 18.7. The van der Waals surface area contributed by atoms with Crippen molar-refractivity contribution in [3.8, 4) is 17.2 Å². The number of benzene rings is 2. The number of nitrogens with zero attached hydrogens (tertiary/aromatic N) is 2. The minimum absolute atomic E-state index is 0.0586. The summed E-state index contributed by atoms with van der Waals surface area (Å²) in [7, 11) is 1.66. The van der Waals surface area contributed by atoms with Crippen LogP contribution in [0.3, 0.4) is 0 Å². The summed E-state index contributed by atoms with van der Waals surface area (Å²) < 4.78 is 17.0. The lowest BCUT2D eigenvalue weighted by Crippen LogP contribution is -2.50. The molecule has 0 unspecified atom stereocenters. The summed E-state index contributed by atoms with van der Waals surface area (Å²) in [6.45, 7) is 7.85. The molecule has 12 nitrogen and oxygen atoms in total. The maximum absolute atomic E-state index is 13.6. The summed E-state index contributed by atoms with van der Waals surface area (Å²) in [5.74, 6) is 1.02. The van der Waals surface area contributed by atoms with Crippen LogP contribution >= 0.6 is 0 Å². The second-order valence-electron chi connectivity index (χ2n) is 10.5. The molecule has 4 N–H and O–H groups in total. The Kier molecular flexibility index (Phi) is 8.88. The van der Waals surface area contributed by atoms with Gasteiger partial charge in [-0.15, -0.1) is 0 Å². The zero-order valence-electron chi connectivity index (χ0n) is 23.4. The largest absolute Gasteiger partial charge is 0.487 e. The number of nitrogens with one attached hydrogen (secondary N) is 3. The molecular formula is C28H37N5O7. The van der Waals surface area contributed by atoms with E-state index in [1.807, 2.05) is 20.8 Å². The second-order valence-corrected chi connectivity index (χ2v) is 10.5. The fourth-order valence-electron chi connectivity index (χ4n) is 4.49. The summed E-state index contributed by atoms with van der Waals surface area (Å²) in [5.41, 5.74) is 1.25. The molecule has 12 heteroatoms. The molecule has 0 saturated carbocycles. The maximum Gasteiger partial charge on any atom is 0.321 e. The lowest BCUT2D eigenvalue weighted by atomic mass is 9.99. The first-order valence-corrected chi connectivity index (χ1v) is 13.3. The third-order valence-corrected chi connectivity index (χ3v) is 6.77. The molecule has 4 rings (SSSR count). The van der Waals surface area contributed by atoms with E-state index in [2.05, 4.69) is 16.0 Å². The van der Waals surface area contributed by atoms with Crippen LogP contribution in [0.1, 0.15) is 38.1 Å². The van der Waals surface area contributed by atoms with Gasteiger partial charge in [-0.25, -0.2) is 9.59 Å². The van der Waals surface area contributed by atoms with E-state index in [1.54, 1.807) is 55.3 Å². The topological polar surface area (TPSA) is 142 Å². The first-order valence-electron chi connectivity index (χ1n) is 13.3. The third-order valence-electron chi connectivity index (χ3n) is 6.77. The van der Waals surface area contributed by atoms with Crippen molar-refractivity contribution in [2.75, 3.05) is 44.2 Å². The van der Waals surface area contributed by atoms with Crippen LogP contribution in [0, 0.1) is 5.92 Å². The minimum atomic E-state index is -0.476. The Morgan fingerprint density at radius 3 is 2.42 bits per heavy atom. The number of hydrogen-bond acceptors (Lipinski definition) is 7. The Morgan fingerprint density at radius 1 is 1.05 bits per heavy atom. The van der Waals surface area contributed by atoms with Gasteiger partial charge in [-0.2, -0.15) is 0 Å². The Hall–Kier alpha value is -4.19. The fraction of sp³-hybridized carbons (Fsp3) is 0.464. The molecule has 40 heavy (non-hydrogen) atoms. The van der Waals surface area contributed by atoms with Crippen LogP contribution in [0.15, 0.2) is 36.4 Å². The van der Waals surface area contributed by atoms with Gasteiger partial charge in [0, 0.05) is 43.0 Å². The number of likely N-dealkylation sites (N-methyl/N-ethyl adjacent to an activating group) is 1. The van der Waals surface area contributed by atoms with Crippen LogP contribution in [0.4, 0.5) is 21.0 Å². The highest BCUT2D eigenvalue weighted by atomic mass is 16.7. The Labute approximate surface area is 233 Å². The standard InChI is InChI=1S/C28H37N5O7/c1-16(2)29-27(36)30-19-6-8-22-21(10-19)26(35)33(18(4)14-34)12-17(3)25(40-22)13-32(5)28(37)31-20-7-9-23-24(11-20)39-15-38-23/h6-11,16-18,25,34H,12-15H2,1-5H3,(H,31,37)(H2,29,30,36)/t17-,18-,25+/m1/s1. The molecule has 0 saturated heterocycles. The molecule has 0 radical (unpaired) electrons. The van der Waals surface area contributed by atoms with Gasteiger partial charge >= 0.3 is 12.1 Å². The zero-order valence-corrected chi connectivity index (χ0v) is 23.4. The van der Waals surface area contributed by atoms with Gasteiger partial charge in [0.15, 0.2) is 11.5 Å². The van der Waals surface area contributed by atoms with E-state index in [0.717, 1.165) is 0 Å². The highest BCUT2D eigenvalue weighted by molar-refractivity contribution is 5.99. The van der Waals surface area contributed by atoms with Crippen molar-refractivity contribution in [1.82, 2.24) is 15.1 Å². The lowest BCUT2D eigenvalue weighted by Gasteiger charge is -2.38. The lowest BCUT2D eigenvalue weighted by molar-refractivity contribution is 0.0371. The summed E-state index contributed by atoms with van der Waals surface area (Å²) in [6.07, 6.45) is -0.476. The molecule has 2 aromatic rings. The summed E-state index contributed by atoms with van der Waals surface area (Å²) in [5, 5.41) is 18.2. The van der Waals surface area contributed by atoms with Crippen molar-refractivity contribution in [2.45, 2.75) is 45.9 Å². The number of amides is 5. The number of rotatable bonds is 7. The van der Waals surface area contributed by atoms with Gasteiger partial charge < -0.3 is 45.1 Å². The van der Waals surface area contributed by atoms with Crippen molar-refractivity contribution >= 4 is 29.3 Å². The number of carbonyl (C=O) groups excluding carboxylic acids is 3. The number of urea groups is 2. The molecule has 0 aliphatic carbocycles. The third kappa shape index (κ3) is 6.68. The summed E-state index contributed by atoms with van der Waals surface area (Å²) >= 11 is 0. The molecule has 0 fully saturated rings. The van der Waals surface area contributed by atoms with Gasteiger partial charge in [-0.1, -0.05) is 6.92 Å². The van der Waals surface area contributed by atoms with Crippen molar-refractivity contribution in [3.63, 3.8) is 0 Å². The Bertz CT molecular complexity index is 1250. The minimum Gasteiger partial charge on any atom is -0.487 e. The predicted molar refractivity (Wildman–Crippen MR) is 149 cm³/mol. The van der Waals surface area contributed by atoms with Gasteiger partial charge in [0.2, 0.25) is 6.79 Å². The molecule has 2 aliphatic heterocycles. The number of hydrogen-bond donors (Lipinski definition) is 4. The van der Waals surface area contributed by atoms with E-state index in [9.17, 15) is 19.5 Å². The highest BCUT2D eigenvalue weighted by Gasteiger charge is 2.34. The van der Waals surface area contributed by atoms with Gasteiger partial charge in [0.1, 0.15) is 11.9 Å². The average molecular weight is 556 g/mol. The van der Waals surface area contributed by atoms with Crippen LogP contribution in [0.5, 0.6) is 17.2 Å². The number of aliphatic hydroxyl groups is 1. The molecule has 0 spiro atoms. The molecule has 3 atom stereocenters. The van der Waals surface area contributed by atoms with Crippen molar-refractivity contribution < 1.29 is 33.7 Å². The van der Waals surface area contributed by atoms with E-state index >= 15 is 0 Å². The number of carbonyl (C=O) groups is 3. The maximum atomic E-state index is 13.6. The summed E-state index contributed by atoms with van der Waals surface area (Å²) in [6, 6.07) is 8.79. The zero-order chi connectivity index (χ0) is 29.0. The number of anilines is 2. The smallest absolute Gasteiger partial charge is 0.321 e. The first-order chi connectivity index (χ1) is 19.0. The van der Waals surface area contributed by atoms with Crippen LogP contribution in [0.2, 0.25) is 0 Å².